The van der Waals surface area contributed by atoms with E-state index in [2.05, 4.69) is 20.7 Å². The highest BCUT2D eigenvalue weighted by Crippen LogP contribution is 2.15. The van der Waals surface area contributed by atoms with Crippen LogP contribution in [0.15, 0.2) is 6.20 Å². The predicted molar refractivity (Wildman–Crippen MR) is 63.9 cm³/mol. The summed E-state index contributed by atoms with van der Waals surface area (Å²) in [6, 6.07) is -0.0285. The average Bonchev–Trinajstić information content (AvgIpc) is 2.27. The zero-order valence-electron chi connectivity index (χ0n) is 9.86. The lowest BCUT2D eigenvalue weighted by atomic mass is 10.1. The van der Waals surface area contributed by atoms with Crippen LogP contribution >= 0.6 is 0 Å². The summed E-state index contributed by atoms with van der Waals surface area (Å²) in [5.74, 6) is 6.60. The number of anilines is 2. The fraction of sp³-hybridized carbons (Fsp3) is 0.600. The molecule has 0 bridgehead atoms. The van der Waals surface area contributed by atoms with Gasteiger partial charge in [-0.1, -0.05) is 13.8 Å². The third-order valence-electron chi connectivity index (χ3n) is 2.42. The zero-order chi connectivity index (χ0) is 12.1. The Bertz CT molecular complexity index is 342. The lowest BCUT2D eigenvalue weighted by molar-refractivity contribution is 0.249. The highest BCUT2D eigenvalue weighted by molar-refractivity contribution is 5.46. The van der Waals surface area contributed by atoms with E-state index in [0.717, 1.165) is 5.56 Å². The topological polar surface area (TPSA) is 96.1 Å². The number of nitrogen functional groups attached to an aromatic ring is 1. The number of aliphatic hydroxyl groups is 1. The van der Waals surface area contributed by atoms with Crippen LogP contribution in [0.3, 0.4) is 0 Å². The molecule has 5 N–H and O–H groups in total. The molecular formula is C10H19N5O. The van der Waals surface area contributed by atoms with E-state index in [0.29, 0.717) is 17.7 Å². The summed E-state index contributed by atoms with van der Waals surface area (Å²) >= 11 is 0. The Labute approximate surface area is 95.3 Å². The van der Waals surface area contributed by atoms with Gasteiger partial charge in [-0.2, -0.15) is 4.98 Å². The van der Waals surface area contributed by atoms with Crippen molar-refractivity contribution in [1.82, 2.24) is 9.97 Å². The zero-order valence-corrected chi connectivity index (χ0v) is 9.86. The average molecular weight is 225 g/mol. The second-order valence-electron chi connectivity index (χ2n) is 4.05. The van der Waals surface area contributed by atoms with Crippen molar-refractivity contribution in [3.8, 4) is 0 Å². The Morgan fingerprint density at radius 3 is 2.69 bits per heavy atom. The summed E-state index contributed by atoms with van der Waals surface area (Å²) in [6.07, 6.45) is 1.68. The van der Waals surface area contributed by atoms with Crippen LogP contribution in [0.4, 0.5) is 11.8 Å². The number of nitrogens with one attached hydrogen (secondary N) is 2. The van der Waals surface area contributed by atoms with Gasteiger partial charge in [0.25, 0.3) is 0 Å². The molecule has 0 radical (unpaired) electrons. The third-order valence-corrected chi connectivity index (χ3v) is 2.42. The van der Waals surface area contributed by atoms with Crippen LogP contribution in [0.1, 0.15) is 19.4 Å². The largest absolute Gasteiger partial charge is 0.394 e. The van der Waals surface area contributed by atoms with Crippen LogP contribution in [-0.4, -0.2) is 27.7 Å². The minimum atomic E-state index is -0.0285. The SMILES string of the molecule is Cc1cnc(NN)nc1NC(CO)C(C)C. The van der Waals surface area contributed by atoms with Crippen LogP contribution < -0.4 is 16.6 Å². The first-order valence-electron chi connectivity index (χ1n) is 5.26. The molecular weight excluding hydrogens is 206 g/mol. The molecule has 0 spiro atoms. The third kappa shape index (κ3) is 3.04. The summed E-state index contributed by atoms with van der Waals surface area (Å²) < 4.78 is 0. The van der Waals surface area contributed by atoms with E-state index in [1.54, 1.807) is 6.20 Å². The van der Waals surface area contributed by atoms with Crippen molar-refractivity contribution in [3.05, 3.63) is 11.8 Å². The Morgan fingerprint density at radius 1 is 1.50 bits per heavy atom. The van der Waals surface area contributed by atoms with Gasteiger partial charge >= 0.3 is 0 Å². The molecule has 90 valence electrons. The first kappa shape index (κ1) is 12.7. The molecule has 1 rings (SSSR count). The van der Waals surface area contributed by atoms with Crippen LogP contribution in [-0.2, 0) is 0 Å². The molecule has 1 heterocycles. The molecule has 1 aromatic heterocycles. The molecule has 0 saturated heterocycles. The summed E-state index contributed by atoms with van der Waals surface area (Å²) in [4.78, 5) is 8.18. The van der Waals surface area contributed by atoms with Crippen molar-refractivity contribution in [2.24, 2.45) is 11.8 Å². The highest BCUT2D eigenvalue weighted by atomic mass is 16.3. The van der Waals surface area contributed by atoms with Crippen molar-refractivity contribution in [1.29, 1.82) is 0 Å². The van der Waals surface area contributed by atoms with E-state index >= 15 is 0 Å². The summed E-state index contributed by atoms with van der Waals surface area (Å²) in [5.41, 5.74) is 3.31. The Hall–Kier alpha value is -1.40. The molecule has 0 aliphatic carbocycles. The molecule has 6 nitrogen and oxygen atoms in total. The minimum Gasteiger partial charge on any atom is -0.394 e. The van der Waals surface area contributed by atoms with Crippen LogP contribution in [0, 0.1) is 12.8 Å². The number of hydrazine groups is 1. The monoisotopic (exact) mass is 225 g/mol. The Morgan fingerprint density at radius 2 is 2.19 bits per heavy atom. The van der Waals surface area contributed by atoms with Crippen LogP contribution in [0.25, 0.3) is 0 Å². The van der Waals surface area contributed by atoms with Crippen molar-refractivity contribution in [2.45, 2.75) is 26.8 Å². The van der Waals surface area contributed by atoms with Gasteiger partial charge in [-0.3, -0.25) is 5.43 Å². The fourth-order valence-electron chi connectivity index (χ4n) is 1.26. The quantitative estimate of drug-likeness (QED) is 0.430. The summed E-state index contributed by atoms with van der Waals surface area (Å²) in [6.45, 7) is 6.03. The van der Waals surface area contributed by atoms with Crippen molar-refractivity contribution < 1.29 is 5.11 Å². The number of aryl methyl sites for hydroxylation is 1. The molecule has 16 heavy (non-hydrogen) atoms. The Balaban J connectivity index is 2.86. The second-order valence-corrected chi connectivity index (χ2v) is 4.05. The molecule has 1 atom stereocenters. The van der Waals surface area contributed by atoms with Gasteiger partial charge in [0, 0.05) is 11.8 Å². The van der Waals surface area contributed by atoms with Gasteiger partial charge in [-0.15, -0.1) is 0 Å². The Kier molecular flexibility index (Phi) is 4.45. The number of hydrogen-bond acceptors (Lipinski definition) is 6. The molecule has 0 aliphatic rings. The number of nitrogens with zero attached hydrogens (tertiary/aromatic N) is 2. The predicted octanol–water partition coefficient (Wildman–Crippen LogP) is 0.499. The van der Waals surface area contributed by atoms with E-state index in [4.69, 9.17) is 5.84 Å². The van der Waals surface area contributed by atoms with E-state index in [1.807, 2.05) is 20.8 Å². The van der Waals surface area contributed by atoms with Gasteiger partial charge < -0.3 is 10.4 Å². The summed E-state index contributed by atoms with van der Waals surface area (Å²) in [7, 11) is 0. The van der Waals surface area contributed by atoms with E-state index in [-0.39, 0.29) is 12.6 Å². The number of aromatic nitrogens is 2. The molecule has 0 saturated carbocycles. The second kappa shape index (κ2) is 5.62. The number of rotatable bonds is 5. The first-order chi connectivity index (χ1) is 7.58. The maximum Gasteiger partial charge on any atom is 0.239 e. The van der Waals surface area contributed by atoms with E-state index < -0.39 is 0 Å². The van der Waals surface area contributed by atoms with Crippen LogP contribution in [0.5, 0.6) is 0 Å². The van der Waals surface area contributed by atoms with Crippen LogP contribution in [0.2, 0.25) is 0 Å². The maximum absolute atomic E-state index is 9.23. The van der Waals surface area contributed by atoms with Gasteiger partial charge in [0.2, 0.25) is 5.95 Å². The normalized spacial score (nSPS) is 12.6. The maximum atomic E-state index is 9.23. The van der Waals surface area contributed by atoms with Crippen molar-refractivity contribution in [3.63, 3.8) is 0 Å². The fourth-order valence-corrected chi connectivity index (χ4v) is 1.26. The standard InChI is InChI=1S/C10H19N5O/c1-6(2)8(5-16)13-9-7(3)4-12-10(14-9)15-11/h4,6,8,16H,5,11H2,1-3H3,(H2,12,13,14,15). The van der Waals surface area contributed by atoms with E-state index in [9.17, 15) is 5.11 Å². The van der Waals surface area contributed by atoms with E-state index in [1.165, 1.54) is 0 Å². The molecule has 0 amide bonds. The van der Waals surface area contributed by atoms with Crippen molar-refractivity contribution in [2.75, 3.05) is 17.3 Å². The van der Waals surface area contributed by atoms with Gasteiger partial charge in [0.05, 0.1) is 12.6 Å². The number of nitrogens with two attached hydrogens (primary N) is 1. The lowest BCUT2D eigenvalue weighted by Crippen LogP contribution is -2.30. The number of hydrogen-bond donors (Lipinski definition) is 4. The smallest absolute Gasteiger partial charge is 0.239 e. The molecule has 1 unspecified atom stereocenters. The van der Waals surface area contributed by atoms with Gasteiger partial charge in [-0.25, -0.2) is 10.8 Å². The highest BCUT2D eigenvalue weighted by Gasteiger charge is 2.14. The molecule has 6 heteroatoms. The molecule has 0 fully saturated rings. The molecule has 1 aromatic rings. The summed E-state index contributed by atoms with van der Waals surface area (Å²) in [5, 5.41) is 12.4. The first-order valence-corrected chi connectivity index (χ1v) is 5.26. The van der Waals surface area contributed by atoms with Crippen molar-refractivity contribution >= 4 is 11.8 Å². The molecule has 0 aromatic carbocycles. The molecule has 0 aliphatic heterocycles. The minimum absolute atomic E-state index is 0.0285. The number of aliphatic hydroxyl groups excluding tert-OH is 1. The van der Waals surface area contributed by atoms with Gasteiger partial charge in [-0.05, 0) is 12.8 Å². The lowest BCUT2D eigenvalue weighted by Gasteiger charge is -2.21. The van der Waals surface area contributed by atoms with Gasteiger partial charge in [0.15, 0.2) is 0 Å². The van der Waals surface area contributed by atoms with Gasteiger partial charge in [0.1, 0.15) is 5.82 Å².